The maximum absolute atomic E-state index is 12.2. The van der Waals surface area contributed by atoms with E-state index in [1.54, 1.807) is 6.92 Å². The zero-order valence-electron chi connectivity index (χ0n) is 17.1. The minimum Gasteiger partial charge on any atom is -0.277 e. The van der Waals surface area contributed by atoms with Gasteiger partial charge in [-0.3, -0.25) is 15.5 Å². The Morgan fingerprint density at radius 2 is 1.72 bits per heavy atom. The average Bonchev–Trinajstić information content (AvgIpc) is 2.73. The molecule has 3 aromatic rings. The van der Waals surface area contributed by atoms with Crippen LogP contribution in [-0.4, -0.2) is 18.4 Å². The largest absolute Gasteiger partial charge is 0.277 e. The molecule has 0 spiro atoms. The van der Waals surface area contributed by atoms with Crippen LogP contribution in [0.5, 0.6) is 0 Å². The van der Waals surface area contributed by atoms with Crippen molar-refractivity contribution in [1.82, 2.24) is 0 Å². The molecule has 3 aromatic carbocycles. The minimum absolute atomic E-state index is 0.0419. The molecule has 0 aliphatic heterocycles. The van der Waals surface area contributed by atoms with E-state index in [2.05, 4.69) is 10.5 Å². The summed E-state index contributed by atoms with van der Waals surface area (Å²) in [6, 6.07) is 16.2. The van der Waals surface area contributed by atoms with E-state index in [0.717, 1.165) is 22.9 Å². The van der Waals surface area contributed by atoms with E-state index in [9.17, 15) is 18.5 Å². The van der Waals surface area contributed by atoms with Crippen LogP contribution in [0.15, 0.2) is 75.6 Å². The van der Waals surface area contributed by atoms with Gasteiger partial charge in [0.2, 0.25) is 10.0 Å². The Bertz CT molecular complexity index is 1290. The summed E-state index contributed by atoms with van der Waals surface area (Å²) in [4.78, 5) is 10.6. The molecule has 0 atom stereocenters. The SMILES string of the molecule is Cc1ccc(/C(=N/Nc2ccc([N+](=O)[O-])cc2)Sc2cc(Cl)c(C)cc2S(N)(=O)=O)cc1. The lowest BCUT2D eigenvalue weighted by Gasteiger charge is -2.13. The Balaban J connectivity index is 2.03. The van der Waals surface area contributed by atoms with E-state index in [1.165, 1.54) is 36.4 Å². The number of non-ortho nitro benzene ring substituents is 1. The van der Waals surface area contributed by atoms with Crippen LogP contribution in [0.4, 0.5) is 11.4 Å². The molecule has 3 N–H and O–H groups in total. The first-order valence-electron chi connectivity index (χ1n) is 9.20. The molecule has 0 saturated carbocycles. The number of nitrogens with zero attached hydrogens (tertiary/aromatic N) is 2. The van der Waals surface area contributed by atoms with Crippen molar-refractivity contribution in [3.8, 4) is 0 Å². The lowest BCUT2D eigenvalue weighted by atomic mass is 10.2. The molecule has 3 rings (SSSR count). The third-order valence-electron chi connectivity index (χ3n) is 4.40. The first-order chi connectivity index (χ1) is 15.0. The van der Waals surface area contributed by atoms with Gasteiger partial charge in [-0.25, -0.2) is 13.6 Å². The number of hydrogen-bond donors (Lipinski definition) is 2. The fourth-order valence-electron chi connectivity index (χ4n) is 2.66. The third-order valence-corrected chi connectivity index (χ3v) is 6.97. The summed E-state index contributed by atoms with van der Waals surface area (Å²) in [5.41, 5.74) is 5.70. The number of rotatable bonds is 6. The predicted molar refractivity (Wildman–Crippen MR) is 128 cm³/mol. The molecule has 8 nitrogen and oxygen atoms in total. The summed E-state index contributed by atoms with van der Waals surface area (Å²) in [7, 11) is -4.01. The van der Waals surface area contributed by atoms with E-state index >= 15 is 0 Å². The molecule has 0 fully saturated rings. The lowest BCUT2D eigenvalue weighted by Crippen LogP contribution is -2.14. The van der Waals surface area contributed by atoms with Gasteiger partial charge >= 0.3 is 0 Å². The molecule has 0 aromatic heterocycles. The van der Waals surface area contributed by atoms with Gasteiger partial charge in [-0.05, 0) is 43.7 Å². The number of hydrazone groups is 1. The van der Waals surface area contributed by atoms with E-state index in [0.29, 0.717) is 26.2 Å². The number of benzene rings is 3. The number of anilines is 1. The Labute approximate surface area is 194 Å². The van der Waals surface area contributed by atoms with Crippen molar-refractivity contribution in [2.45, 2.75) is 23.6 Å². The smallest absolute Gasteiger partial charge is 0.269 e. The maximum Gasteiger partial charge on any atom is 0.269 e. The molecular weight excluding hydrogens is 472 g/mol. The Kier molecular flexibility index (Phi) is 7.19. The van der Waals surface area contributed by atoms with Crippen molar-refractivity contribution in [3.05, 3.63) is 92.5 Å². The van der Waals surface area contributed by atoms with Gasteiger partial charge in [0.25, 0.3) is 5.69 Å². The highest BCUT2D eigenvalue weighted by molar-refractivity contribution is 8.14. The molecule has 0 aliphatic rings. The molecule has 0 heterocycles. The van der Waals surface area contributed by atoms with Crippen molar-refractivity contribution in [2.75, 3.05) is 5.43 Å². The molecule has 0 unspecified atom stereocenters. The highest BCUT2D eigenvalue weighted by Crippen LogP contribution is 2.34. The average molecular weight is 491 g/mol. The van der Waals surface area contributed by atoms with Crippen molar-refractivity contribution < 1.29 is 13.3 Å². The van der Waals surface area contributed by atoms with Gasteiger partial charge in [0.1, 0.15) is 5.04 Å². The Morgan fingerprint density at radius 3 is 2.28 bits per heavy atom. The summed E-state index contributed by atoms with van der Waals surface area (Å²) in [6.45, 7) is 3.64. The highest BCUT2D eigenvalue weighted by Gasteiger charge is 2.19. The van der Waals surface area contributed by atoms with Crippen LogP contribution in [0, 0.1) is 24.0 Å². The normalized spacial score (nSPS) is 11.9. The predicted octanol–water partition coefficient (Wildman–Crippen LogP) is 5.08. The monoisotopic (exact) mass is 490 g/mol. The van der Waals surface area contributed by atoms with E-state index in [1.807, 2.05) is 31.2 Å². The first kappa shape index (κ1) is 23.7. The fourth-order valence-corrected chi connectivity index (χ4v) is 4.93. The number of sulfonamides is 1. The number of nitro benzene ring substituents is 1. The molecule has 32 heavy (non-hydrogen) atoms. The van der Waals surface area contributed by atoms with Crippen molar-refractivity contribution >= 4 is 49.8 Å². The molecule has 166 valence electrons. The van der Waals surface area contributed by atoms with Gasteiger partial charge in [0.15, 0.2) is 0 Å². The van der Waals surface area contributed by atoms with Gasteiger partial charge in [-0.2, -0.15) is 5.10 Å². The topological polar surface area (TPSA) is 128 Å². The van der Waals surface area contributed by atoms with Crippen molar-refractivity contribution in [1.29, 1.82) is 0 Å². The minimum atomic E-state index is -4.01. The second-order valence-corrected chi connectivity index (χ2v) is 9.86. The fraction of sp³-hybridized carbons (Fsp3) is 0.0952. The summed E-state index contributed by atoms with van der Waals surface area (Å²) < 4.78 is 24.3. The molecule has 0 bridgehead atoms. The first-order valence-corrected chi connectivity index (χ1v) is 11.9. The second-order valence-electron chi connectivity index (χ2n) is 6.89. The lowest BCUT2D eigenvalue weighted by molar-refractivity contribution is -0.384. The maximum atomic E-state index is 12.2. The second kappa shape index (κ2) is 9.70. The number of thioether (sulfide) groups is 1. The summed E-state index contributed by atoms with van der Waals surface area (Å²) in [5, 5.41) is 21.5. The summed E-state index contributed by atoms with van der Waals surface area (Å²) in [6.07, 6.45) is 0. The standard InChI is InChI=1S/C21H19ClN4O4S2/c1-13-3-5-15(6-4-13)21(25-24-16-7-9-17(10-8-16)26(27)28)31-19-12-18(22)14(2)11-20(19)32(23,29)30/h3-12,24H,1-2H3,(H2,23,29,30)/b25-21-. The van der Waals surface area contributed by atoms with Gasteiger partial charge < -0.3 is 0 Å². The van der Waals surface area contributed by atoms with Gasteiger partial charge in [0.05, 0.1) is 15.5 Å². The van der Waals surface area contributed by atoms with Crippen LogP contribution >= 0.6 is 23.4 Å². The quantitative estimate of drug-likeness (QED) is 0.163. The van der Waals surface area contributed by atoms with Crippen LogP contribution in [0.3, 0.4) is 0 Å². The number of nitrogens with two attached hydrogens (primary N) is 1. The third kappa shape index (κ3) is 5.86. The molecule has 11 heteroatoms. The Morgan fingerprint density at radius 1 is 1.09 bits per heavy atom. The number of halogens is 1. The van der Waals surface area contributed by atoms with Crippen molar-refractivity contribution in [3.63, 3.8) is 0 Å². The molecule has 0 radical (unpaired) electrons. The molecule has 0 aliphatic carbocycles. The van der Waals surface area contributed by atoms with E-state index in [4.69, 9.17) is 16.7 Å². The summed E-state index contributed by atoms with van der Waals surface area (Å²) >= 11 is 7.33. The van der Waals surface area contributed by atoms with E-state index < -0.39 is 14.9 Å². The number of nitro groups is 1. The van der Waals surface area contributed by atoms with Crippen LogP contribution in [0.2, 0.25) is 5.02 Å². The van der Waals surface area contributed by atoms with Crippen LogP contribution in [-0.2, 0) is 10.0 Å². The van der Waals surface area contributed by atoms with Crippen LogP contribution in [0.1, 0.15) is 16.7 Å². The van der Waals surface area contributed by atoms with Gasteiger partial charge in [0, 0.05) is 27.6 Å². The summed E-state index contributed by atoms with van der Waals surface area (Å²) in [5.74, 6) is 0. The Hall–Kier alpha value is -2.92. The molecular formula is C21H19ClN4O4S2. The van der Waals surface area contributed by atoms with Crippen LogP contribution in [0.25, 0.3) is 0 Å². The number of nitrogens with one attached hydrogen (secondary N) is 1. The molecule has 0 amide bonds. The van der Waals surface area contributed by atoms with Crippen molar-refractivity contribution in [2.24, 2.45) is 10.2 Å². The van der Waals surface area contributed by atoms with Crippen LogP contribution < -0.4 is 10.6 Å². The number of hydrogen-bond acceptors (Lipinski definition) is 7. The highest BCUT2D eigenvalue weighted by atomic mass is 35.5. The van der Waals surface area contributed by atoms with E-state index in [-0.39, 0.29) is 10.6 Å². The molecule has 0 saturated heterocycles. The van der Waals surface area contributed by atoms with Gasteiger partial charge in [-0.15, -0.1) is 0 Å². The zero-order chi connectivity index (χ0) is 23.5. The van der Waals surface area contributed by atoms with Gasteiger partial charge in [-0.1, -0.05) is 53.2 Å². The zero-order valence-corrected chi connectivity index (χ0v) is 19.5. The number of primary sulfonamides is 1. The number of aryl methyl sites for hydroxylation is 2.